The second kappa shape index (κ2) is 3.96. The Hall–Kier alpha value is -2.69. The van der Waals surface area contributed by atoms with Crippen LogP contribution in [0.4, 0.5) is 0 Å². The van der Waals surface area contributed by atoms with E-state index in [0.717, 1.165) is 5.69 Å². The molecule has 0 spiro atoms. The molecule has 2 aromatic heterocycles. The van der Waals surface area contributed by atoms with Crippen LogP contribution in [0.25, 0.3) is 16.9 Å². The van der Waals surface area contributed by atoms with Gasteiger partial charge in [-0.2, -0.15) is 0 Å². The van der Waals surface area contributed by atoms with Gasteiger partial charge in [0.2, 0.25) is 5.82 Å². The summed E-state index contributed by atoms with van der Waals surface area (Å²) in [5.41, 5.74) is 7.45. The number of primary amides is 1. The molecule has 0 unspecified atom stereocenters. The van der Waals surface area contributed by atoms with Gasteiger partial charge in [0.1, 0.15) is 5.52 Å². The summed E-state index contributed by atoms with van der Waals surface area (Å²) in [6.45, 7) is 0. The molecular formula is C13H10N4O. The maximum Gasteiger partial charge on any atom is 0.285 e. The van der Waals surface area contributed by atoms with E-state index >= 15 is 0 Å². The van der Waals surface area contributed by atoms with Crippen molar-refractivity contribution in [2.75, 3.05) is 0 Å². The van der Waals surface area contributed by atoms with E-state index in [0.29, 0.717) is 11.2 Å². The van der Waals surface area contributed by atoms with Crippen molar-refractivity contribution in [3.05, 3.63) is 54.5 Å². The first kappa shape index (κ1) is 10.5. The van der Waals surface area contributed by atoms with Gasteiger partial charge in [0.25, 0.3) is 5.91 Å². The molecule has 2 N–H and O–H groups in total. The molecule has 18 heavy (non-hydrogen) atoms. The highest BCUT2D eigenvalue weighted by Crippen LogP contribution is 2.19. The number of nitrogens with two attached hydrogens (primary N) is 1. The molecule has 0 bridgehead atoms. The number of rotatable bonds is 2. The number of para-hydroxylation sites is 1. The van der Waals surface area contributed by atoms with Crippen LogP contribution < -0.4 is 5.73 Å². The Labute approximate surface area is 103 Å². The highest BCUT2D eigenvalue weighted by atomic mass is 16.1. The molecule has 0 aliphatic carbocycles. The van der Waals surface area contributed by atoms with Crippen molar-refractivity contribution in [2.45, 2.75) is 0 Å². The Morgan fingerprint density at radius 1 is 1.11 bits per heavy atom. The molecule has 1 amide bonds. The number of imidazole rings is 1. The molecule has 3 aromatic rings. The van der Waals surface area contributed by atoms with Crippen LogP contribution in [0.5, 0.6) is 0 Å². The summed E-state index contributed by atoms with van der Waals surface area (Å²) < 4.78 is 1.66. The van der Waals surface area contributed by atoms with E-state index < -0.39 is 5.91 Å². The monoisotopic (exact) mass is 238 g/mol. The number of benzene rings is 1. The molecule has 88 valence electrons. The first-order chi connectivity index (χ1) is 8.77. The lowest BCUT2D eigenvalue weighted by molar-refractivity contribution is 0.0989. The van der Waals surface area contributed by atoms with E-state index in [1.54, 1.807) is 22.9 Å². The van der Waals surface area contributed by atoms with Crippen LogP contribution in [-0.4, -0.2) is 20.4 Å². The lowest BCUT2D eigenvalue weighted by Crippen LogP contribution is -2.17. The number of carbonyl (C=O) groups excluding carboxylic acids is 1. The Morgan fingerprint density at radius 2 is 1.89 bits per heavy atom. The molecule has 5 nitrogen and oxygen atoms in total. The van der Waals surface area contributed by atoms with E-state index in [1.807, 2.05) is 30.3 Å². The number of carbonyl (C=O) groups is 1. The topological polar surface area (TPSA) is 73.8 Å². The molecule has 0 atom stereocenters. The molecule has 1 aromatic carbocycles. The first-order valence-electron chi connectivity index (χ1n) is 5.46. The van der Waals surface area contributed by atoms with Gasteiger partial charge in [-0.25, -0.2) is 9.97 Å². The molecule has 5 heteroatoms. The van der Waals surface area contributed by atoms with Gasteiger partial charge in [-0.3, -0.25) is 9.36 Å². The quantitative estimate of drug-likeness (QED) is 0.735. The third-order valence-electron chi connectivity index (χ3n) is 2.65. The summed E-state index contributed by atoms with van der Waals surface area (Å²) in [7, 11) is 0. The molecule has 0 saturated heterocycles. The number of amides is 1. The third kappa shape index (κ3) is 1.53. The molecule has 3 rings (SSSR count). The number of hydrogen-bond acceptors (Lipinski definition) is 3. The van der Waals surface area contributed by atoms with Crippen LogP contribution in [0, 0.1) is 0 Å². The van der Waals surface area contributed by atoms with Gasteiger partial charge in [0, 0.05) is 11.9 Å². The van der Waals surface area contributed by atoms with E-state index in [2.05, 4.69) is 9.97 Å². The van der Waals surface area contributed by atoms with Crippen LogP contribution in [-0.2, 0) is 0 Å². The fourth-order valence-electron chi connectivity index (χ4n) is 1.90. The van der Waals surface area contributed by atoms with Crippen molar-refractivity contribution in [3.8, 4) is 5.69 Å². The smallest absolute Gasteiger partial charge is 0.285 e. The summed E-state index contributed by atoms with van der Waals surface area (Å²) in [6, 6.07) is 13.0. The van der Waals surface area contributed by atoms with Gasteiger partial charge in [-0.05, 0) is 24.3 Å². The second-order valence-corrected chi connectivity index (χ2v) is 3.82. The van der Waals surface area contributed by atoms with Crippen molar-refractivity contribution >= 4 is 17.1 Å². The number of fused-ring (bicyclic) bond motifs is 1. The molecule has 0 aliphatic rings. The molecule has 0 radical (unpaired) electrons. The lowest BCUT2D eigenvalue weighted by Gasteiger charge is -2.05. The summed E-state index contributed by atoms with van der Waals surface area (Å²) in [4.78, 5) is 19.9. The van der Waals surface area contributed by atoms with Crippen molar-refractivity contribution in [2.24, 2.45) is 5.73 Å². The van der Waals surface area contributed by atoms with E-state index in [9.17, 15) is 4.79 Å². The predicted molar refractivity (Wildman–Crippen MR) is 67.4 cm³/mol. The molecule has 0 fully saturated rings. The minimum Gasteiger partial charge on any atom is -0.363 e. The highest BCUT2D eigenvalue weighted by molar-refractivity contribution is 5.94. The first-order valence-corrected chi connectivity index (χ1v) is 5.46. The number of hydrogen-bond donors (Lipinski definition) is 1. The average molecular weight is 238 g/mol. The molecule has 0 aliphatic heterocycles. The summed E-state index contributed by atoms with van der Waals surface area (Å²) in [5, 5.41) is 0. The Kier molecular flexibility index (Phi) is 2.30. The zero-order valence-corrected chi connectivity index (χ0v) is 9.45. The Balaban J connectivity index is 2.38. The van der Waals surface area contributed by atoms with Crippen molar-refractivity contribution in [3.63, 3.8) is 0 Å². The van der Waals surface area contributed by atoms with Crippen LogP contribution >= 0.6 is 0 Å². The average Bonchev–Trinajstić information content (AvgIpc) is 2.79. The lowest BCUT2D eigenvalue weighted by atomic mass is 10.3. The fraction of sp³-hybridized carbons (Fsp3) is 0. The van der Waals surface area contributed by atoms with Gasteiger partial charge < -0.3 is 5.73 Å². The maximum atomic E-state index is 11.5. The normalized spacial score (nSPS) is 10.7. The van der Waals surface area contributed by atoms with E-state index in [4.69, 9.17) is 5.73 Å². The molecule has 0 saturated carbocycles. The van der Waals surface area contributed by atoms with Crippen LogP contribution in [0.15, 0.2) is 48.7 Å². The van der Waals surface area contributed by atoms with Gasteiger partial charge in [-0.1, -0.05) is 18.2 Å². The summed E-state index contributed by atoms with van der Waals surface area (Å²) in [6.07, 6.45) is 1.66. The Bertz CT molecular complexity index is 718. The number of pyridine rings is 1. The maximum absolute atomic E-state index is 11.5. The number of aromatic nitrogens is 3. The molecular weight excluding hydrogens is 228 g/mol. The summed E-state index contributed by atoms with van der Waals surface area (Å²) in [5.74, 6) is -0.383. The van der Waals surface area contributed by atoms with Crippen molar-refractivity contribution < 1.29 is 4.79 Å². The van der Waals surface area contributed by atoms with E-state index in [-0.39, 0.29) is 5.82 Å². The fourth-order valence-corrected chi connectivity index (χ4v) is 1.90. The number of nitrogens with zero attached hydrogens (tertiary/aromatic N) is 3. The second-order valence-electron chi connectivity index (χ2n) is 3.82. The van der Waals surface area contributed by atoms with Gasteiger partial charge in [-0.15, -0.1) is 0 Å². The standard InChI is InChI=1S/C13H10N4O/c14-11(18)13-16-10-7-4-8-15-12(10)17(13)9-5-2-1-3-6-9/h1-8H,(H2,14,18). The van der Waals surface area contributed by atoms with Crippen LogP contribution in [0.2, 0.25) is 0 Å². The van der Waals surface area contributed by atoms with Crippen molar-refractivity contribution in [1.82, 2.24) is 14.5 Å². The summed E-state index contributed by atoms with van der Waals surface area (Å²) >= 11 is 0. The van der Waals surface area contributed by atoms with Gasteiger partial charge >= 0.3 is 0 Å². The SMILES string of the molecule is NC(=O)c1nc2cccnc2n1-c1ccccc1. The van der Waals surface area contributed by atoms with Crippen LogP contribution in [0.1, 0.15) is 10.6 Å². The van der Waals surface area contributed by atoms with Crippen molar-refractivity contribution in [1.29, 1.82) is 0 Å². The molecule has 2 heterocycles. The predicted octanol–water partition coefficient (Wildman–Crippen LogP) is 1.52. The largest absolute Gasteiger partial charge is 0.363 e. The Morgan fingerprint density at radius 3 is 2.61 bits per heavy atom. The highest BCUT2D eigenvalue weighted by Gasteiger charge is 2.16. The zero-order valence-electron chi connectivity index (χ0n) is 9.45. The van der Waals surface area contributed by atoms with Gasteiger partial charge in [0.15, 0.2) is 5.65 Å². The zero-order chi connectivity index (χ0) is 12.5. The van der Waals surface area contributed by atoms with Gasteiger partial charge in [0.05, 0.1) is 0 Å². The third-order valence-corrected chi connectivity index (χ3v) is 2.65. The van der Waals surface area contributed by atoms with E-state index in [1.165, 1.54) is 0 Å². The minimum absolute atomic E-state index is 0.190. The van der Waals surface area contributed by atoms with Crippen LogP contribution in [0.3, 0.4) is 0 Å². The minimum atomic E-state index is -0.572.